The highest BCUT2D eigenvalue weighted by molar-refractivity contribution is 6.35. The van der Waals surface area contributed by atoms with Gasteiger partial charge in [0.05, 0.1) is 19.2 Å². The van der Waals surface area contributed by atoms with E-state index in [0.717, 1.165) is 5.56 Å². The van der Waals surface area contributed by atoms with Crippen LogP contribution in [0.15, 0.2) is 72.9 Å². The molecule has 1 aromatic carbocycles. The number of aromatic nitrogens is 3. The Morgan fingerprint density at radius 1 is 0.853 bits per heavy atom. The van der Waals surface area contributed by atoms with Gasteiger partial charge >= 0.3 is 0 Å². The molecule has 9 nitrogen and oxygen atoms in total. The number of nitrogens with zero attached hydrogens (tertiary/aromatic N) is 6. The number of benzene rings is 1. The summed E-state index contributed by atoms with van der Waals surface area (Å²) in [6.07, 6.45) is 6.77. The predicted molar refractivity (Wildman–Crippen MR) is 126 cm³/mol. The third-order valence-electron chi connectivity index (χ3n) is 6.02. The number of hydrogen-bond acceptors (Lipinski definition) is 8. The number of pyridine rings is 1. The average molecular weight is 457 g/mol. The van der Waals surface area contributed by atoms with Crippen molar-refractivity contribution in [2.24, 2.45) is 0 Å². The van der Waals surface area contributed by atoms with Crippen LogP contribution in [0.5, 0.6) is 5.75 Å². The molecule has 9 heteroatoms. The number of piperazine rings is 1. The monoisotopic (exact) mass is 456 g/mol. The summed E-state index contributed by atoms with van der Waals surface area (Å²) in [5.41, 5.74) is 2.34. The lowest BCUT2D eigenvalue weighted by atomic mass is 10.0. The number of anilines is 1. The zero-order valence-corrected chi connectivity index (χ0v) is 18.8. The number of amides is 2. The number of carbonyl (C=O) groups is 2. The fourth-order valence-corrected chi connectivity index (χ4v) is 4.28. The van der Waals surface area contributed by atoms with E-state index in [4.69, 9.17) is 4.74 Å². The van der Waals surface area contributed by atoms with Crippen LogP contribution in [0.25, 0.3) is 5.57 Å². The normalized spacial score (nSPS) is 16.4. The van der Waals surface area contributed by atoms with Crippen LogP contribution in [0.1, 0.15) is 11.1 Å². The Bertz CT molecular complexity index is 1210. The lowest BCUT2D eigenvalue weighted by Gasteiger charge is -2.36. The minimum absolute atomic E-state index is 0.173. The average Bonchev–Trinajstić information content (AvgIpc) is 3.15. The predicted octanol–water partition coefficient (Wildman–Crippen LogP) is 1.98. The summed E-state index contributed by atoms with van der Waals surface area (Å²) >= 11 is 0. The van der Waals surface area contributed by atoms with Crippen molar-refractivity contribution in [1.82, 2.24) is 24.8 Å². The molecule has 0 spiro atoms. The van der Waals surface area contributed by atoms with Crippen LogP contribution in [0.4, 0.5) is 5.95 Å². The van der Waals surface area contributed by atoms with Crippen LogP contribution in [-0.2, 0) is 16.1 Å². The van der Waals surface area contributed by atoms with Gasteiger partial charge in [0.25, 0.3) is 11.8 Å². The molecule has 5 rings (SSSR count). The molecule has 2 aliphatic rings. The molecule has 2 amide bonds. The minimum Gasteiger partial charge on any atom is -0.497 e. The smallest absolute Gasteiger partial charge is 0.278 e. The van der Waals surface area contributed by atoms with E-state index in [1.807, 2.05) is 23.1 Å². The molecule has 0 radical (unpaired) electrons. The first-order chi connectivity index (χ1) is 16.7. The maximum absolute atomic E-state index is 13.6. The first-order valence-corrected chi connectivity index (χ1v) is 11.1. The van der Waals surface area contributed by atoms with Crippen LogP contribution in [0.2, 0.25) is 0 Å². The zero-order valence-electron chi connectivity index (χ0n) is 18.8. The second-order valence-corrected chi connectivity index (χ2v) is 8.03. The molecule has 0 aliphatic carbocycles. The summed E-state index contributed by atoms with van der Waals surface area (Å²) in [4.78, 5) is 45.3. The minimum atomic E-state index is -0.303. The molecule has 0 N–H and O–H groups in total. The molecule has 2 aliphatic heterocycles. The van der Waals surface area contributed by atoms with Gasteiger partial charge in [-0.25, -0.2) is 9.97 Å². The Balaban J connectivity index is 1.45. The topological polar surface area (TPSA) is 91.8 Å². The van der Waals surface area contributed by atoms with Gasteiger partial charge < -0.3 is 14.5 Å². The molecular formula is C25H24N6O3. The van der Waals surface area contributed by atoms with Crippen molar-refractivity contribution in [3.63, 3.8) is 0 Å². The van der Waals surface area contributed by atoms with Gasteiger partial charge in [-0.15, -0.1) is 0 Å². The Kier molecular flexibility index (Phi) is 5.90. The van der Waals surface area contributed by atoms with Gasteiger partial charge in [-0.1, -0.05) is 18.2 Å². The summed E-state index contributed by atoms with van der Waals surface area (Å²) in [7, 11) is 1.59. The van der Waals surface area contributed by atoms with Crippen molar-refractivity contribution in [3.8, 4) is 5.75 Å². The van der Waals surface area contributed by atoms with Gasteiger partial charge in [0, 0.05) is 51.0 Å². The third-order valence-corrected chi connectivity index (χ3v) is 6.02. The van der Waals surface area contributed by atoms with E-state index >= 15 is 0 Å². The fourth-order valence-electron chi connectivity index (χ4n) is 4.28. The number of rotatable bonds is 6. The molecule has 34 heavy (non-hydrogen) atoms. The summed E-state index contributed by atoms with van der Waals surface area (Å²) in [6.45, 7) is 2.62. The Hall–Kier alpha value is -4.27. The summed E-state index contributed by atoms with van der Waals surface area (Å²) in [5.74, 6) is 0.761. The highest BCUT2D eigenvalue weighted by atomic mass is 16.5. The van der Waals surface area contributed by atoms with Gasteiger partial charge in [0.1, 0.15) is 11.4 Å². The summed E-state index contributed by atoms with van der Waals surface area (Å²) in [6, 6.07) is 12.7. The van der Waals surface area contributed by atoms with Gasteiger partial charge in [-0.05, 0) is 35.4 Å². The number of ether oxygens (including phenoxy) is 1. The van der Waals surface area contributed by atoms with Gasteiger partial charge in [-0.2, -0.15) is 0 Å². The van der Waals surface area contributed by atoms with Crippen molar-refractivity contribution >= 4 is 23.3 Å². The van der Waals surface area contributed by atoms with Crippen molar-refractivity contribution in [2.75, 3.05) is 38.2 Å². The standard InChI is InChI=1S/C25H24N6O3/c1-34-20-7-5-19(6-8-20)21-22(24(33)31(23(21)32)17-18-4-2-9-26-16-18)29-12-14-30(15-13-29)25-27-10-3-11-28-25/h2-11,16H,12-15,17H2,1H3. The van der Waals surface area contributed by atoms with E-state index in [9.17, 15) is 9.59 Å². The number of methoxy groups -OCH3 is 1. The lowest BCUT2D eigenvalue weighted by molar-refractivity contribution is -0.138. The van der Waals surface area contributed by atoms with Crippen molar-refractivity contribution in [1.29, 1.82) is 0 Å². The van der Waals surface area contributed by atoms with E-state index in [0.29, 0.717) is 54.7 Å². The Labute approximate surface area is 197 Å². The van der Waals surface area contributed by atoms with E-state index < -0.39 is 0 Å². The van der Waals surface area contributed by atoms with Gasteiger partial charge in [-0.3, -0.25) is 19.5 Å². The number of imide groups is 1. The Morgan fingerprint density at radius 2 is 1.56 bits per heavy atom. The fraction of sp³-hybridized carbons (Fsp3) is 0.240. The van der Waals surface area contributed by atoms with Crippen LogP contribution >= 0.6 is 0 Å². The second kappa shape index (κ2) is 9.30. The van der Waals surface area contributed by atoms with Gasteiger partial charge in [0.2, 0.25) is 5.95 Å². The number of hydrogen-bond donors (Lipinski definition) is 0. The van der Waals surface area contributed by atoms with Crippen LogP contribution < -0.4 is 9.64 Å². The summed E-state index contributed by atoms with van der Waals surface area (Å²) < 4.78 is 5.26. The molecule has 172 valence electrons. The molecular weight excluding hydrogens is 432 g/mol. The Morgan fingerprint density at radius 3 is 2.21 bits per heavy atom. The lowest BCUT2D eigenvalue weighted by Crippen LogP contribution is -2.48. The van der Waals surface area contributed by atoms with E-state index in [2.05, 4.69) is 19.9 Å². The molecule has 2 aromatic heterocycles. The summed E-state index contributed by atoms with van der Waals surface area (Å²) in [5, 5.41) is 0. The van der Waals surface area contributed by atoms with Gasteiger partial charge in [0.15, 0.2) is 0 Å². The first-order valence-electron chi connectivity index (χ1n) is 11.1. The van der Waals surface area contributed by atoms with E-state index in [1.165, 1.54) is 4.90 Å². The first kappa shape index (κ1) is 21.6. The molecule has 0 unspecified atom stereocenters. The van der Waals surface area contributed by atoms with Crippen LogP contribution in [0.3, 0.4) is 0 Å². The number of carbonyl (C=O) groups excluding carboxylic acids is 2. The molecule has 1 fully saturated rings. The molecule has 3 aromatic rings. The molecule has 4 heterocycles. The highest BCUT2D eigenvalue weighted by Crippen LogP contribution is 2.34. The molecule has 0 bridgehead atoms. The van der Waals surface area contributed by atoms with Crippen LogP contribution in [-0.4, -0.2) is 69.9 Å². The highest BCUT2D eigenvalue weighted by Gasteiger charge is 2.42. The van der Waals surface area contributed by atoms with Crippen molar-refractivity contribution in [2.45, 2.75) is 6.54 Å². The quantitative estimate of drug-likeness (QED) is 0.520. The molecule has 0 atom stereocenters. The van der Waals surface area contributed by atoms with Crippen LogP contribution in [0, 0.1) is 0 Å². The zero-order chi connectivity index (χ0) is 23.5. The van der Waals surface area contributed by atoms with E-state index in [-0.39, 0.29) is 18.4 Å². The SMILES string of the molecule is COc1ccc(C2=C(N3CCN(c4ncccn4)CC3)C(=O)N(Cc3cccnc3)C2=O)cc1. The molecule has 0 saturated carbocycles. The molecule has 1 saturated heterocycles. The largest absolute Gasteiger partial charge is 0.497 e. The maximum Gasteiger partial charge on any atom is 0.278 e. The van der Waals surface area contributed by atoms with E-state index in [1.54, 1.807) is 56.2 Å². The van der Waals surface area contributed by atoms with Crippen molar-refractivity contribution < 1.29 is 14.3 Å². The maximum atomic E-state index is 13.6. The third kappa shape index (κ3) is 4.07. The van der Waals surface area contributed by atoms with Crippen molar-refractivity contribution in [3.05, 3.63) is 84.1 Å². The second-order valence-electron chi connectivity index (χ2n) is 8.03.